The minimum atomic E-state index is -0.361. The van der Waals surface area contributed by atoms with E-state index >= 15 is 0 Å². The monoisotopic (exact) mass is 263 g/mol. The molecule has 0 radical (unpaired) electrons. The molecule has 5 nitrogen and oxygen atoms in total. The van der Waals surface area contributed by atoms with Crippen LogP contribution in [0.3, 0.4) is 0 Å². The van der Waals surface area contributed by atoms with Crippen LogP contribution in [-0.2, 0) is 4.74 Å². The molecule has 94 valence electrons. The molecule has 2 rings (SSSR count). The first-order chi connectivity index (χ1) is 8.60. The van der Waals surface area contributed by atoms with Gasteiger partial charge in [-0.15, -0.1) is 0 Å². The summed E-state index contributed by atoms with van der Waals surface area (Å²) in [5.74, 6) is -0.361. The third-order valence-corrected chi connectivity index (χ3v) is 3.38. The number of hydrogen-bond donors (Lipinski definition) is 1. The molecule has 0 aliphatic heterocycles. The summed E-state index contributed by atoms with van der Waals surface area (Å²) in [7, 11) is 1.36. The van der Waals surface area contributed by atoms with E-state index in [0.29, 0.717) is 15.7 Å². The van der Waals surface area contributed by atoms with Gasteiger partial charge in [0.25, 0.3) is 0 Å². The van der Waals surface area contributed by atoms with E-state index in [1.807, 2.05) is 19.1 Å². The van der Waals surface area contributed by atoms with E-state index in [9.17, 15) is 4.79 Å². The Bertz CT molecular complexity index is 563. The van der Waals surface area contributed by atoms with Gasteiger partial charge in [-0.3, -0.25) is 4.98 Å². The molecular weight excluding hydrogens is 250 g/mol. The molecule has 18 heavy (non-hydrogen) atoms. The largest absolute Gasteiger partial charge is 0.465 e. The number of aromatic nitrogens is 2. The van der Waals surface area contributed by atoms with Gasteiger partial charge >= 0.3 is 5.97 Å². The number of nitrogens with zero attached hydrogens (tertiary/aromatic N) is 2. The molecule has 0 atom stereocenters. The average Bonchev–Trinajstić information content (AvgIpc) is 2.72. The van der Waals surface area contributed by atoms with Crippen LogP contribution >= 0.6 is 11.3 Å². The van der Waals surface area contributed by atoms with Crippen molar-refractivity contribution in [3.8, 4) is 0 Å². The Labute approximate surface area is 109 Å². The fourth-order valence-corrected chi connectivity index (χ4v) is 2.30. The number of thiazole rings is 1. The highest BCUT2D eigenvalue weighted by Crippen LogP contribution is 2.25. The minimum Gasteiger partial charge on any atom is -0.465 e. The molecule has 0 aliphatic rings. The van der Waals surface area contributed by atoms with Gasteiger partial charge in [0.2, 0.25) is 0 Å². The molecule has 0 amide bonds. The van der Waals surface area contributed by atoms with Gasteiger partial charge in [-0.05, 0) is 26.0 Å². The second kappa shape index (κ2) is 5.14. The van der Waals surface area contributed by atoms with Crippen LogP contribution in [0.4, 0.5) is 10.8 Å². The predicted molar refractivity (Wildman–Crippen MR) is 70.4 cm³/mol. The third-order valence-electron chi connectivity index (χ3n) is 2.33. The summed E-state index contributed by atoms with van der Waals surface area (Å²) in [6, 6.07) is 3.82. The van der Waals surface area contributed by atoms with E-state index in [4.69, 9.17) is 0 Å². The molecule has 0 bridgehead atoms. The Balaban J connectivity index is 2.20. The maximum Gasteiger partial charge on any atom is 0.350 e. The number of carbonyl (C=O) groups is 1. The highest BCUT2D eigenvalue weighted by molar-refractivity contribution is 7.17. The molecule has 0 saturated carbocycles. The summed E-state index contributed by atoms with van der Waals surface area (Å²) in [6.45, 7) is 3.70. The number of pyridine rings is 1. The molecule has 0 aliphatic carbocycles. The van der Waals surface area contributed by atoms with Crippen LogP contribution in [0.1, 0.15) is 21.1 Å². The van der Waals surface area contributed by atoms with Crippen molar-refractivity contribution in [1.82, 2.24) is 9.97 Å². The van der Waals surface area contributed by atoms with Crippen LogP contribution in [0.2, 0.25) is 0 Å². The summed E-state index contributed by atoms with van der Waals surface area (Å²) in [4.78, 5) is 20.4. The fourth-order valence-electron chi connectivity index (χ4n) is 1.40. The minimum absolute atomic E-state index is 0.361. The lowest BCUT2D eigenvalue weighted by Gasteiger charge is -2.01. The standard InChI is InChI=1S/C12H13N3O2S/c1-7-4-5-9(6-13-7)15-12-14-8(2)10(18-12)11(16)17-3/h4-6H,1-3H3,(H,14,15). The smallest absolute Gasteiger partial charge is 0.350 e. The first-order valence-corrected chi connectivity index (χ1v) is 6.17. The van der Waals surface area contributed by atoms with Crippen molar-refractivity contribution >= 4 is 28.1 Å². The molecule has 0 aromatic carbocycles. The molecule has 2 aromatic heterocycles. The molecule has 6 heteroatoms. The second-order valence-electron chi connectivity index (χ2n) is 3.74. The summed E-state index contributed by atoms with van der Waals surface area (Å²) in [5.41, 5.74) is 2.45. The van der Waals surface area contributed by atoms with Crippen LogP contribution in [-0.4, -0.2) is 23.0 Å². The van der Waals surface area contributed by atoms with Crippen LogP contribution in [0.15, 0.2) is 18.3 Å². The average molecular weight is 263 g/mol. The lowest BCUT2D eigenvalue weighted by atomic mass is 10.3. The third kappa shape index (κ3) is 2.65. The lowest BCUT2D eigenvalue weighted by molar-refractivity contribution is 0.0605. The predicted octanol–water partition coefficient (Wildman–Crippen LogP) is 2.69. The van der Waals surface area contributed by atoms with Crippen molar-refractivity contribution in [2.75, 3.05) is 12.4 Å². The number of carbonyl (C=O) groups excluding carboxylic acids is 1. The van der Waals surface area contributed by atoms with Crippen molar-refractivity contribution in [2.45, 2.75) is 13.8 Å². The van der Waals surface area contributed by atoms with Crippen molar-refractivity contribution in [3.63, 3.8) is 0 Å². The Kier molecular flexibility index (Phi) is 3.57. The first kappa shape index (κ1) is 12.5. The zero-order chi connectivity index (χ0) is 13.1. The van der Waals surface area contributed by atoms with Gasteiger partial charge in [0, 0.05) is 5.69 Å². The fraction of sp³-hybridized carbons (Fsp3) is 0.250. The number of aryl methyl sites for hydroxylation is 2. The van der Waals surface area contributed by atoms with Crippen LogP contribution < -0.4 is 5.32 Å². The Morgan fingerprint density at radius 2 is 2.17 bits per heavy atom. The molecule has 0 fully saturated rings. The van der Waals surface area contributed by atoms with Crippen LogP contribution in [0.5, 0.6) is 0 Å². The van der Waals surface area contributed by atoms with Crippen molar-refractivity contribution in [1.29, 1.82) is 0 Å². The highest BCUT2D eigenvalue weighted by Gasteiger charge is 2.15. The van der Waals surface area contributed by atoms with E-state index in [-0.39, 0.29) is 5.97 Å². The number of hydrogen-bond acceptors (Lipinski definition) is 6. The van der Waals surface area contributed by atoms with E-state index in [0.717, 1.165) is 11.4 Å². The van der Waals surface area contributed by atoms with Crippen molar-refractivity contribution in [3.05, 3.63) is 34.6 Å². The molecule has 0 unspecified atom stereocenters. The van der Waals surface area contributed by atoms with Gasteiger partial charge in [-0.25, -0.2) is 9.78 Å². The topological polar surface area (TPSA) is 64.1 Å². The van der Waals surface area contributed by atoms with Gasteiger partial charge in [0.1, 0.15) is 4.88 Å². The van der Waals surface area contributed by atoms with E-state index in [1.54, 1.807) is 13.1 Å². The Hall–Kier alpha value is -1.95. The zero-order valence-electron chi connectivity index (χ0n) is 10.4. The number of esters is 1. The summed E-state index contributed by atoms with van der Waals surface area (Å²) in [5, 5.41) is 3.76. The number of ether oxygens (including phenoxy) is 1. The highest BCUT2D eigenvalue weighted by atomic mass is 32.1. The Morgan fingerprint density at radius 1 is 1.39 bits per heavy atom. The molecule has 0 spiro atoms. The van der Waals surface area contributed by atoms with Crippen LogP contribution in [0.25, 0.3) is 0 Å². The number of nitrogens with one attached hydrogen (secondary N) is 1. The van der Waals surface area contributed by atoms with E-state index in [2.05, 4.69) is 20.0 Å². The van der Waals surface area contributed by atoms with Gasteiger partial charge < -0.3 is 10.1 Å². The number of rotatable bonds is 3. The number of methoxy groups -OCH3 is 1. The maximum atomic E-state index is 11.5. The summed E-state index contributed by atoms with van der Waals surface area (Å²) < 4.78 is 4.69. The maximum absolute atomic E-state index is 11.5. The second-order valence-corrected chi connectivity index (χ2v) is 4.74. The molecule has 2 aromatic rings. The number of anilines is 2. The van der Waals surface area contributed by atoms with Gasteiger partial charge in [-0.2, -0.15) is 0 Å². The lowest BCUT2D eigenvalue weighted by Crippen LogP contribution is -1.99. The molecule has 1 N–H and O–H groups in total. The summed E-state index contributed by atoms with van der Waals surface area (Å²) in [6.07, 6.45) is 1.73. The van der Waals surface area contributed by atoms with Crippen molar-refractivity contribution < 1.29 is 9.53 Å². The SMILES string of the molecule is COC(=O)c1sc(Nc2ccc(C)nc2)nc1C. The Morgan fingerprint density at radius 3 is 2.78 bits per heavy atom. The van der Waals surface area contributed by atoms with Crippen molar-refractivity contribution in [2.24, 2.45) is 0 Å². The van der Waals surface area contributed by atoms with Gasteiger partial charge in [-0.1, -0.05) is 11.3 Å². The molecule has 2 heterocycles. The quantitative estimate of drug-likeness (QED) is 0.862. The summed E-state index contributed by atoms with van der Waals surface area (Å²) >= 11 is 1.27. The van der Waals surface area contributed by atoms with Crippen LogP contribution in [0, 0.1) is 13.8 Å². The normalized spacial score (nSPS) is 10.2. The molecular formula is C12H13N3O2S. The van der Waals surface area contributed by atoms with Gasteiger partial charge in [0.15, 0.2) is 5.13 Å². The molecule has 0 saturated heterocycles. The van der Waals surface area contributed by atoms with E-state index < -0.39 is 0 Å². The zero-order valence-corrected chi connectivity index (χ0v) is 11.2. The van der Waals surface area contributed by atoms with E-state index in [1.165, 1.54) is 18.4 Å². The van der Waals surface area contributed by atoms with Gasteiger partial charge in [0.05, 0.1) is 24.7 Å². The first-order valence-electron chi connectivity index (χ1n) is 5.35.